The maximum absolute atomic E-state index is 12.8. The maximum Gasteiger partial charge on any atom is 0.284 e. The van der Waals surface area contributed by atoms with Crippen LogP contribution in [0.2, 0.25) is 0 Å². The van der Waals surface area contributed by atoms with E-state index in [2.05, 4.69) is 11.4 Å². The Kier molecular flexibility index (Phi) is 5.78. The Morgan fingerprint density at radius 1 is 1.15 bits per heavy atom. The lowest BCUT2D eigenvalue weighted by atomic mass is 10.1. The molecule has 5 nitrogen and oxygen atoms in total. The SMILES string of the molecule is COc1ccc(CC[NH2+][C@@H](C)C(=O)N2CCc3ccccc32)cc1OC. The summed E-state index contributed by atoms with van der Waals surface area (Å²) in [6.07, 6.45) is 1.81. The van der Waals surface area contributed by atoms with Gasteiger partial charge in [0.1, 0.15) is 0 Å². The average Bonchev–Trinajstić information content (AvgIpc) is 3.11. The summed E-state index contributed by atoms with van der Waals surface area (Å²) in [5, 5.41) is 2.11. The molecule has 26 heavy (non-hydrogen) atoms. The Bertz CT molecular complexity index is 776. The van der Waals surface area contributed by atoms with Crippen LogP contribution in [0.5, 0.6) is 11.5 Å². The van der Waals surface area contributed by atoms with Crippen LogP contribution in [0.1, 0.15) is 18.1 Å². The molecule has 0 saturated heterocycles. The van der Waals surface area contributed by atoms with Gasteiger partial charge in [0.05, 0.1) is 20.8 Å². The van der Waals surface area contributed by atoms with Crippen LogP contribution in [0.4, 0.5) is 5.69 Å². The van der Waals surface area contributed by atoms with Crippen LogP contribution < -0.4 is 19.7 Å². The maximum atomic E-state index is 12.8. The highest BCUT2D eigenvalue weighted by Gasteiger charge is 2.29. The number of nitrogens with zero attached hydrogens (tertiary/aromatic N) is 1. The summed E-state index contributed by atoms with van der Waals surface area (Å²) in [4.78, 5) is 14.7. The number of fused-ring (bicyclic) bond motifs is 1. The molecule has 1 atom stereocenters. The number of rotatable bonds is 7. The summed E-state index contributed by atoms with van der Waals surface area (Å²) >= 11 is 0. The van der Waals surface area contributed by atoms with E-state index in [9.17, 15) is 4.79 Å². The summed E-state index contributed by atoms with van der Waals surface area (Å²) in [5.41, 5.74) is 3.50. The van der Waals surface area contributed by atoms with Crippen molar-refractivity contribution in [2.45, 2.75) is 25.8 Å². The van der Waals surface area contributed by atoms with Crippen molar-refractivity contribution >= 4 is 11.6 Å². The standard InChI is InChI=1S/C21H26N2O3/c1-15(21(24)23-13-11-17-6-4-5-7-18(17)23)22-12-10-16-8-9-19(25-2)20(14-16)26-3/h4-9,14-15,22H,10-13H2,1-3H3/p+1/t15-/m0/s1. The molecular weight excluding hydrogens is 328 g/mol. The Morgan fingerprint density at radius 2 is 1.92 bits per heavy atom. The summed E-state index contributed by atoms with van der Waals surface area (Å²) in [6.45, 7) is 3.61. The zero-order valence-corrected chi connectivity index (χ0v) is 15.7. The number of amides is 1. The zero-order valence-electron chi connectivity index (χ0n) is 15.7. The largest absolute Gasteiger partial charge is 0.493 e. The van der Waals surface area contributed by atoms with Gasteiger partial charge in [-0.1, -0.05) is 24.3 Å². The monoisotopic (exact) mass is 355 g/mol. The van der Waals surface area contributed by atoms with Gasteiger partial charge in [-0.05, 0) is 42.7 Å². The molecule has 0 saturated carbocycles. The van der Waals surface area contributed by atoms with E-state index in [1.165, 1.54) is 11.1 Å². The highest BCUT2D eigenvalue weighted by Crippen LogP contribution is 2.28. The first-order chi connectivity index (χ1) is 12.6. The van der Waals surface area contributed by atoms with Gasteiger partial charge in [-0.3, -0.25) is 4.79 Å². The van der Waals surface area contributed by atoms with Gasteiger partial charge in [0.2, 0.25) is 0 Å². The quantitative estimate of drug-likeness (QED) is 0.824. The van der Waals surface area contributed by atoms with Gasteiger partial charge in [0.15, 0.2) is 17.5 Å². The summed E-state index contributed by atoms with van der Waals surface area (Å²) in [7, 11) is 3.28. The van der Waals surface area contributed by atoms with Crippen molar-refractivity contribution in [2.75, 3.05) is 32.2 Å². The van der Waals surface area contributed by atoms with Crippen molar-refractivity contribution in [3.8, 4) is 11.5 Å². The molecule has 0 bridgehead atoms. The number of quaternary nitrogens is 1. The number of methoxy groups -OCH3 is 2. The molecule has 138 valence electrons. The van der Waals surface area contributed by atoms with E-state index < -0.39 is 0 Å². The fourth-order valence-corrected chi connectivity index (χ4v) is 3.45. The second-order valence-electron chi connectivity index (χ2n) is 6.62. The third-order valence-corrected chi connectivity index (χ3v) is 4.94. The molecule has 1 heterocycles. The number of benzene rings is 2. The molecule has 5 heteroatoms. The molecule has 0 aromatic heterocycles. The molecule has 0 spiro atoms. The van der Waals surface area contributed by atoms with Gasteiger partial charge in [-0.2, -0.15) is 0 Å². The highest BCUT2D eigenvalue weighted by molar-refractivity contribution is 5.97. The molecule has 0 fully saturated rings. The van der Waals surface area contributed by atoms with E-state index in [1.807, 2.05) is 48.2 Å². The van der Waals surface area contributed by atoms with Crippen molar-refractivity contribution in [3.05, 3.63) is 53.6 Å². The number of hydrogen-bond acceptors (Lipinski definition) is 3. The number of nitrogens with two attached hydrogens (primary N) is 1. The first-order valence-corrected chi connectivity index (χ1v) is 9.07. The molecule has 2 aromatic carbocycles. The van der Waals surface area contributed by atoms with Crippen molar-refractivity contribution < 1.29 is 19.6 Å². The molecule has 2 aromatic rings. The van der Waals surface area contributed by atoms with Crippen LogP contribution in [0.15, 0.2) is 42.5 Å². The second kappa shape index (κ2) is 8.23. The van der Waals surface area contributed by atoms with E-state index in [0.717, 1.165) is 43.1 Å². The lowest BCUT2D eigenvalue weighted by molar-refractivity contribution is -0.672. The Labute approximate surface area is 154 Å². The lowest BCUT2D eigenvalue weighted by Crippen LogP contribution is -2.92. The molecule has 0 unspecified atom stereocenters. The van der Waals surface area contributed by atoms with Gasteiger partial charge in [-0.25, -0.2) is 0 Å². The minimum atomic E-state index is -0.0960. The van der Waals surface area contributed by atoms with Gasteiger partial charge in [-0.15, -0.1) is 0 Å². The fourth-order valence-electron chi connectivity index (χ4n) is 3.45. The number of ether oxygens (including phenoxy) is 2. The third-order valence-electron chi connectivity index (χ3n) is 4.94. The topological polar surface area (TPSA) is 55.4 Å². The molecule has 1 aliphatic rings. The van der Waals surface area contributed by atoms with E-state index in [1.54, 1.807) is 14.2 Å². The van der Waals surface area contributed by atoms with Gasteiger partial charge >= 0.3 is 0 Å². The number of carbonyl (C=O) groups excluding carboxylic acids is 1. The fraction of sp³-hybridized carbons (Fsp3) is 0.381. The lowest BCUT2D eigenvalue weighted by Gasteiger charge is -2.20. The molecule has 1 amide bonds. The van der Waals surface area contributed by atoms with Gasteiger partial charge < -0.3 is 19.7 Å². The zero-order chi connectivity index (χ0) is 18.5. The Morgan fingerprint density at radius 3 is 2.69 bits per heavy atom. The molecule has 0 radical (unpaired) electrons. The van der Waals surface area contributed by atoms with Crippen molar-refractivity contribution in [3.63, 3.8) is 0 Å². The number of anilines is 1. The van der Waals surface area contributed by atoms with E-state index in [0.29, 0.717) is 0 Å². The predicted octanol–water partition coefficient (Wildman–Crippen LogP) is 1.79. The summed E-state index contributed by atoms with van der Waals surface area (Å²) in [5.74, 6) is 1.65. The van der Waals surface area contributed by atoms with Gasteiger partial charge in [0, 0.05) is 18.7 Å². The van der Waals surface area contributed by atoms with Crippen molar-refractivity contribution in [1.82, 2.24) is 0 Å². The van der Waals surface area contributed by atoms with Crippen LogP contribution >= 0.6 is 0 Å². The number of hydrogen-bond donors (Lipinski definition) is 1. The van der Waals surface area contributed by atoms with E-state index >= 15 is 0 Å². The summed E-state index contributed by atoms with van der Waals surface area (Å²) in [6, 6.07) is 14.0. The van der Waals surface area contributed by atoms with Crippen LogP contribution in [0.3, 0.4) is 0 Å². The van der Waals surface area contributed by atoms with E-state index in [4.69, 9.17) is 9.47 Å². The van der Waals surface area contributed by atoms with E-state index in [-0.39, 0.29) is 11.9 Å². The average molecular weight is 355 g/mol. The smallest absolute Gasteiger partial charge is 0.284 e. The van der Waals surface area contributed by atoms with Crippen molar-refractivity contribution in [2.24, 2.45) is 0 Å². The van der Waals surface area contributed by atoms with Crippen LogP contribution in [0.25, 0.3) is 0 Å². The normalized spacial score (nSPS) is 14.0. The first-order valence-electron chi connectivity index (χ1n) is 9.07. The van der Waals surface area contributed by atoms with Crippen LogP contribution in [0, 0.1) is 0 Å². The molecule has 0 aliphatic carbocycles. The number of para-hydroxylation sites is 1. The third kappa shape index (κ3) is 3.83. The second-order valence-corrected chi connectivity index (χ2v) is 6.62. The Balaban J connectivity index is 1.55. The molecular formula is C21H27N2O3+. The Hall–Kier alpha value is -2.53. The minimum Gasteiger partial charge on any atom is -0.493 e. The molecule has 2 N–H and O–H groups in total. The predicted molar refractivity (Wildman–Crippen MR) is 102 cm³/mol. The minimum absolute atomic E-state index is 0.0960. The summed E-state index contributed by atoms with van der Waals surface area (Å²) < 4.78 is 10.6. The van der Waals surface area contributed by atoms with Crippen LogP contribution in [-0.2, 0) is 17.6 Å². The molecule has 3 rings (SSSR count). The first kappa shape index (κ1) is 18.3. The number of carbonyl (C=O) groups is 1. The highest BCUT2D eigenvalue weighted by atomic mass is 16.5. The van der Waals surface area contributed by atoms with Crippen molar-refractivity contribution in [1.29, 1.82) is 0 Å². The molecule has 1 aliphatic heterocycles. The van der Waals surface area contributed by atoms with Gasteiger partial charge in [0.25, 0.3) is 5.91 Å². The van der Waals surface area contributed by atoms with Crippen LogP contribution in [-0.4, -0.2) is 39.3 Å².